The fraction of sp³-hybridized carbons (Fsp3) is 0.571. The Morgan fingerprint density at radius 2 is 1.60 bits per heavy atom. The van der Waals surface area contributed by atoms with Crippen LogP contribution in [0.5, 0.6) is 0 Å². The van der Waals surface area contributed by atoms with Gasteiger partial charge in [0.15, 0.2) is 0 Å². The van der Waals surface area contributed by atoms with Gasteiger partial charge in [-0.25, -0.2) is 0 Å². The molecule has 0 fully saturated rings. The summed E-state index contributed by atoms with van der Waals surface area (Å²) in [5.74, 6) is 0.293. The molecule has 0 aliphatic carbocycles. The smallest absolute Gasteiger partial charge is 0.0606 e. The third kappa shape index (κ3) is 3.07. The van der Waals surface area contributed by atoms with Gasteiger partial charge in [0.05, 0.1) is 6.10 Å². The molecule has 1 nitrogen and oxygen atoms in total. The molecule has 0 bridgehead atoms. The van der Waals surface area contributed by atoms with Crippen LogP contribution in [-0.2, 0) is 6.42 Å². The average Bonchev–Trinajstić information content (AvgIpc) is 2.30. The number of aliphatic hydroxyl groups is 1. The van der Waals surface area contributed by atoms with Gasteiger partial charge >= 0.3 is 0 Å². The van der Waals surface area contributed by atoms with E-state index in [1.54, 1.807) is 0 Å². The standard InChI is InChI=1S/C14H22O/c1-4-11-7-9-12(10-8-11)13(5-2)14(15)6-3/h7-10,13-15H,4-6H2,1-3H3. The zero-order chi connectivity index (χ0) is 11.3. The second-order valence-corrected chi connectivity index (χ2v) is 4.09. The van der Waals surface area contributed by atoms with Gasteiger partial charge in [0.25, 0.3) is 0 Å². The largest absolute Gasteiger partial charge is 0.393 e. The van der Waals surface area contributed by atoms with Crippen LogP contribution < -0.4 is 0 Å². The van der Waals surface area contributed by atoms with Crippen LogP contribution in [-0.4, -0.2) is 11.2 Å². The van der Waals surface area contributed by atoms with Gasteiger partial charge in [0, 0.05) is 5.92 Å². The summed E-state index contributed by atoms with van der Waals surface area (Å²) in [7, 11) is 0. The van der Waals surface area contributed by atoms with E-state index in [2.05, 4.69) is 38.1 Å². The number of hydrogen-bond acceptors (Lipinski definition) is 1. The van der Waals surface area contributed by atoms with Gasteiger partial charge in [-0.2, -0.15) is 0 Å². The number of rotatable bonds is 5. The Morgan fingerprint density at radius 1 is 1.00 bits per heavy atom. The van der Waals surface area contributed by atoms with E-state index in [0.29, 0.717) is 5.92 Å². The van der Waals surface area contributed by atoms with Crippen molar-refractivity contribution in [3.63, 3.8) is 0 Å². The topological polar surface area (TPSA) is 20.2 Å². The monoisotopic (exact) mass is 206 g/mol. The van der Waals surface area contributed by atoms with E-state index in [1.807, 2.05) is 6.92 Å². The van der Waals surface area contributed by atoms with Gasteiger partial charge in [-0.3, -0.25) is 0 Å². The molecule has 0 heterocycles. The van der Waals surface area contributed by atoms with Crippen LogP contribution in [0.4, 0.5) is 0 Å². The van der Waals surface area contributed by atoms with Gasteiger partial charge in [-0.1, -0.05) is 45.0 Å². The fourth-order valence-electron chi connectivity index (χ4n) is 2.01. The summed E-state index contributed by atoms with van der Waals surface area (Å²) < 4.78 is 0. The van der Waals surface area contributed by atoms with E-state index in [1.165, 1.54) is 11.1 Å². The zero-order valence-corrected chi connectivity index (χ0v) is 10.0. The van der Waals surface area contributed by atoms with Crippen molar-refractivity contribution in [1.82, 2.24) is 0 Å². The van der Waals surface area contributed by atoms with Gasteiger partial charge < -0.3 is 5.11 Å². The maximum Gasteiger partial charge on any atom is 0.0606 e. The first-order chi connectivity index (χ1) is 7.22. The van der Waals surface area contributed by atoms with Crippen LogP contribution >= 0.6 is 0 Å². The average molecular weight is 206 g/mol. The number of aliphatic hydroxyl groups excluding tert-OH is 1. The molecule has 84 valence electrons. The second kappa shape index (κ2) is 5.92. The van der Waals surface area contributed by atoms with E-state index in [0.717, 1.165) is 19.3 Å². The highest BCUT2D eigenvalue weighted by Crippen LogP contribution is 2.25. The van der Waals surface area contributed by atoms with Crippen LogP contribution in [0.3, 0.4) is 0 Å². The van der Waals surface area contributed by atoms with Gasteiger partial charge in [-0.05, 0) is 30.4 Å². The summed E-state index contributed by atoms with van der Waals surface area (Å²) in [4.78, 5) is 0. The van der Waals surface area contributed by atoms with Crippen molar-refractivity contribution in [2.45, 2.75) is 52.1 Å². The molecule has 1 heteroatoms. The lowest BCUT2D eigenvalue weighted by Gasteiger charge is -2.21. The second-order valence-electron chi connectivity index (χ2n) is 4.09. The van der Waals surface area contributed by atoms with Gasteiger partial charge in [-0.15, -0.1) is 0 Å². The molecule has 15 heavy (non-hydrogen) atoms. The summed E-state index contributed by atoms with van der Waals surface area (Å²) >= 11 is 0. The highest BCUT2D eigenvalue weighted by molar-refractivity contribution is 5.26. The third-order valence-corrected chi connectivity index (χ3v) is 3.14. The molecule has 0 radical (unpaired) electrons. The maximum absolute atomic E-state index is 9.90. The Bertz CT molecular complexity index is 276. The minimum absolute atomic E-state index is 0.206. The fourth-order valence-corrected chi connectivity index (χ4v) is 2.01. The van der Waals surface area contributed by atoms with E-state index in [4.69, 9.17) is 0 Å². The normalized spacial score (nSPS) is 14.9. The molecule has 0 aliphatic rings. The first-order valence-electron chi connectivity index (χ1n) is 5.99. The molecular weight excluding hydrogens is 184 g/mol. The molecule has 2 unspecified atom stereocenters. The van der Waals surface area contributed by atoms with Crippen LogP contribution in [0.2, 0.25) is 0 Å². The lowest BCUT2D eigenvalue weighted by molar-refractivity contribution is 0.136. The third-order valence-electron chi connectivity index (χ3n) is 3.14. The van der Waals surface area contributed by atoms with Crippen molar-refractivity contribution in [3.8, 4) is 0 Å². The minimum atomic E-state index is -0.206. The first-order valence-corrected chi connectivity index (χ1v) is 5.99. The van der Waals surface area contributed by atoms with Crippen molar-refractivity contribution < 1.29 is 5.11 Å². The number of aryl methyl sites for hydroxylation is 1. The van der Waals surface area contributed by atoms with Gasteiger partial charge in [0.2, 0.25) is 0 Å². The lowest BCUT2D eigenvalue weighted by atomic mass is 9.89. The molecule has 1 N–H and O–H groups in total. The first kappa shape index (κ1) is 12.3. The number of hydrogen-bond donors (Lipinski definition) is 1. The molecular formula is C14H22O. The van der Waals surface area contributed by atoms with Crippen molar-refractivity contribution in [1.29, 1.82) is 0 Å². The highest BCUT2D eigenvalue weighted by atomic mass is 16.3. The van der Waals surface area contributed by atoms with Crippen LogP contribution in [0.1, 0.15) is 50.7 Å². The van der Waals surface area contributed by atoms with E-state index in [-0.39, 0.29) is 6.10 Å². The predicted octanol–water partition coefficient (Wildman–Crippen LogP) is 3.51. The molecule has 0 aliphatic heterocycles. The SMILES string of the molecule is CCc1ccc(C(CC)C(O)CC)cc1. The van der Waals surface area contributed by atoms with E-state index >= 15 is 0 Å². The van der Waals surface area contributed by atoms with Crippen LogP contribution in [0.15, 0.2) is 24.3 Å². The molecule has 2 atom stereocenters. The summed E-state index contributed by atoms with van der Waals surface area (Å²) in [6, 6.07) is 8.65. The molecule has 0 spiro atoms. The van der Waals surface area contributed by atoms with Crippen molar-refractivity contribution in [2.24, 2.45) is 0 Å². The molecule has 1 aromatic carbocycles. The van der Waals surface area contributed by atoms with E-state index < -0.39 is 0 Å². The molecule has 1 rings (SSSR count). The minimum Gasteiger partial charge on any atom is -0.393 e. The Morgan fingerprint density at radius 3 is 2.00 bits per heavy atom. The van der Waals surface area contributed by atoms with Crippen LogP contribution in [0, 0.1) is 0 Å². The molecule has 0 saturated carbocycles. The quantitative estimate of drug-likeness (QED) is 0.781. The lowest BCUT2D eigenvalue weighted by Crippen LogP contribution is -2.16. The summed E-state index contributed by atoms with van der Waals surface area (Å²) in [6.07, 6.45) is 2.70. The summed E-state index contributed by atoms with van der Waals surface area (Å²) in [5, 5.41) is 9.90. The van der Waals surface area contributed by atoms with Gasteiger partial charge in [0.1, 0.15) is 0 Å². The Labute approximate surface area is 93.1 Å². The summed E-state index contributed by atoms with van der Waals surface area (Å²) in [5.41, 5.74) is 2.63. The molecule has 0 saturated heterocycles. The van der Waals surface area contributed by atoms with Crippen molar-refractivity contribution in [3.05, 3.63) is 35.4 Å². The molecule has 0 amide bonds. The highest BCUT2D eigenvalue weighted by Gasteiger charge is 2.17. The zero-order valence-electron chi connectivity index (χ0n) is 10.0. The van der Waals surface area contributed by atoms with Crippen LogP contribution in [0.25, 0.3) is 0 Å². The number of benzene rings is 1. The van der Waals surface area contributed by atoms with E-state index in [9.17, 15) is 5.11 Å². The molecule has 0 aromatic heterocycles. The van der Waals surface area contributed by atoms with Crippen molar-refractivity contribution in [2.75, 3.05) is 0 Å². The Balaban J connectivity index is 2.83. The molecule has 1 aromatic rings. The Hall–Kier alpha value is -0.820. The van der Waals surface area contributed by atoms with Crippen molar-refractivity contribution >= 4 is 0 Å². The predicted molar refractivity (Wildman–Crippen MR) is 65.1 cm³/mol. The maximum atomic E-state index is 9.90. The summed E-state index contributed by atoms with van der Waals surface area (Å²) in [6.45, 7) is 6.33. The Kier molecular flexibility index (Phi) is 4.83.